The van der Waals surface area contributed by atoms with Gasteiger partial charge in [0.1, 0.15) is 11.6 Å². The zero-order chi connectivity index (χ0) is 18.7. The Balaban J connectivity index is 1.96. The SMILES string of the molecule is C=CCSc1nc2c(c(=O)[nH]1)[C@H](c1ccc(OC(C)C)cc1)CC(=O)N2. The highest BCUT2D eigenvalue weighted by Crippen LogP contribution is 2.35. The number of ether oxygens (including phenoxy) is 1. The minimum absolute atomic E-state index is 0.0839. The van der Waals surface area contributed by atoms with Crippen LogP contribution in [0.5, 0.6) is 5.75 Å². The normalized spacial score (nSPS) is 16.1. The van der Waals surface area contributed by atoms with Crippen molar-refractivity contribution in [3.63, 3.8) is 0 Å². The summed E-state index contributed by atoms with van der Waals surface area (Å²) in [5, 5.41) is 3.19. The number of aromatic amines is 1. The number of hydrogen-bond acceptors (Lipinski definition) is 5. The summed E-state index contributed by atoms with van der Waals surface area (Å²) >= 11 is 1.36. The lowest BCUT2D eigenvalue weighted by Gasteiger charge is -2.24. The quantitative estimate of drug-likeness (QED) is 0.462. The Kier molecular flexibility index (Phi) is 5.46. The number of nitrogens with one attached hydrogen (secondary N) is 2. The van der Waals surface area contributed by atoms with Crippen molar-refractivity contribution in [1.29, 1.82) is 0 Å². The highest BCUT2D eigenvalue weighted by atomic mass is 32.2. The van der Waals surface area contributed by atoms with Crippen LogP contribution in [0.4, 0.5) is 5.82 Å². The van der Waals surface area contributed by atoms with Crippen molar-refractivity contribution in [2.75, 3.05) is 11.1 Å². The Hall–Kier alpha value is -2.54. The van der Waals surface area contributed by atoms with Gasteiger partial charge in [0.15, 0.2) is 5.16 Å². The molecule has 0 fully saturated rings. The molecule has 2 N–H and O–H groups in total. The number of amides is 1. The fourth-order valence-corrected chi connectivity index (χ4v) is 3.49. The van der Waals surface area contributed by atoms with Crippen molar-refractivity contribution >= 4 is 23.5 Å². The van der Waals surface area contributed by atoms with E-state index in [1.54, 1.807) is 6.08 Å². The predicted molar refractivity (Wildman–Crippen MR) is 103 cm³/mol. The van der Waals surface area contributed by atoms with E-state index >= 15 is 0 Å². The molecule has 1 amide bonds. The third kappa shape index (κ3) is 3.99. The second-order valence-electron chi connectivity index (χ2n) is 6.27. The molecule has 0 saturated heterocycles. The summed E-state index contributed by atoms with van der Waals surface area (Å²) in [6, 6.07) is 7.50. The molecule has 7 heteroatoms. The Morgan fingerprint density at radius 1 is 1.35 bits per heavy atom. The van der Waals surface area contributed by atoms with Crippen LogP contribution in [0.2, 0.25) is 0 Å². The monoisotopic (exact) mass is 371 g/mol. The number of thioether (sulfide) groups is 1. The van der Waals surface area contributed by atoms with Crippen molar-refractivity contribution in [2.24, 2.45) is 0 Å². The van der Waals surface area contributed by atoms with Gasteiger partial charge in [0, 0.05) is 18.1 Å². The van der Waals surface area contributed by atoms with Crippen LogP contribution in [0.1, 0.15) is 37.3 Å². The van der Waals surface area contributed by atoms with Crippen LogP contribution in [0.3, 0.4) is 0 Å². The van der Waals surface area contributed by atoms with E-state index in [0.717, 1.165) is 11.3 Å². The molecule has 136 valence electrons. The number of rotatable bonds is 6. The fraction of sp³-hybridized carbons (Fsp3) is 0.316. The van der Waals surface area contributed by atoms with Gasteiger partial charge in [0.2, 0.25) is 5.91 Å². The van der Waals surface area contributed by atoms with E-state index in [2.05, 4.69) is 21.9 Å². The molecule has 26 heavy (non-hydrogen) atoms. The number of carbonyl (C=O) groups excluding carboxylic acids is 1. The van der Waals surface area contributed by atoms with E-state index in [1.165, 1.54) is 11.8 Å². The third-order valence-corrected chi connectivity index (χ3v) is 4.79. The Morgan fingerprint density at radius 2 is 2.08 bits per heavy atom. The molecule has 0 saturated carbocycles. The molecule has 0 spiro atoms. The Labute approximate surface area is 156 Å². The Morgan fingerprint density at radius 3 is 2.73 bits per heavy atom. The number of benzene rings is 1. The van der Waals surface area contributed by atoms with Crippen LogP contribution in [0.15, 0.2) is 46.9 Å². The summed E-state index contributed by atoms with van der Waals surface area (Å²) in [6.45, 7) is 7.58. The van der Waals surface area contributed by atoms with Crippen LogP contribution in [-0.2, 0) is 4.79 Å². The van der Waals surface area contributed by atoms with Gasteiger partial charge in [0.05, 0.1) is 11.7 Å². The second-order valence-corrected chi connectivity index (χ2v) is 7.28. The molecule has 0 unspecified atom stereocenters. The van der Waals surface area contributed by atoms with E-state index < -0.39 is 0 Å². The van der Waals surface area contributed by atoms with Gasteiger partial charge in [-0.1, -0.05) is 30.0 Å². The predicted octanol–water partition coefficient (Wildman–Crippen LogP) is 3.31. The number of nitrogens with zero attached hydrogens (tertiary/aromatic N) is 1. The van der Waals surface area contributed by atoms with Gasteiger partial charge in [-0.15, -0.1) is 6.58 Å². The first-order chi connectivity index (χ1) is 12.5. The van der Waals surface area contributed by atoms with Crippen molar-refractivity contribution < 1.29 is 9.53 Å². The van der Waals surface area contributed by atoms with E-state index in [0.29, 0.717) is 22.3 Å². The average molecular weight is 371 g/mol. The maximum Gasteiger partial charge on any atom is 0.257 e. The number of H-pyrrole nitrogens is 1. The van der Waals surface area contributed by atoms with Gasteiger partial charge in [-0.05, 0) is 31.5 Å². The fourth-order valence-electron chi connectivity index (χ4n) is 2.89. The van der Waals surface area contributed by atoms with E-state index in [4.69, 9.17) is 4.74 Å². The number of anilines is 1. The summed E-state index contributed by atoms with van der Waals surface area (Å²) in [4.78, 5) is 32.0. The molecule has 0 aliphatic carbocycles. The van der Waals surface area contributed by atoms with Gasteiger partial charge in [-0.3, -0.25) is 9.59 Å². The molecule has 1 aliphatic heterocycles. The third-order valence-electron chi connectivity index (χ3n) is 3.92. The summed E-state index contributed by atoms with van der Waals surface area (Å²) in [5.74, 6) is 1.23. The molecule has 1 atom stereocenters. The highest BCUT2D eigenvalue weighted by Gasteiger charge is 2.30. The molecule has 6 nitrogen and oxygen atoms in total. The van der Waals surface area contributed by atoms with Gasteiger partial charge in [-0.2, -0.15) is 0 Å². The molecule has 1 aliphatic rings. The van der Waals surface area contributed by atoms with Gasteiger partial charge < -0.3 is 15.0 Å². The zero-order valence-electron chi connectivity index (χ0n) is 14.7. The number of fused-ring (bicyclic) bond motifs is 1. The second kappa shape index (κ2) is 7.78. The maximum atomic E-state index is 12.6. The highest BCUT2D eigenvalue weighted by molar-refractivity contribution is 7.99. The number of carbonyl (C=O) groups is 1. The molecule has 1 aromatic carbocycles. The first-order valence-corrected chi connectivity index (χ1v) is 9.41. The Bertz CT molecular complexity index is 875. The largest absolute Gasteiger partial charge is 0.491 e. The van der Waals surface area contributed by atoms with Gasteiger partial charge in [-0.25, -0.2) is 4.98 Å². The van der Waals surface area contributed by atoms with Crippen LogP contribution in [0.25, 0.3) is 0 Å². The first-order valence-electron chi connectivity index (χ1n) is 8.42. The molecule has 0 radical (unpaired) electrons. The topological polar surface area (TPSA) is 84.1 Å². The smallest absolute Gasteiger partial charge is 0.257 e. The van der Waals surface area contributed by atoms with Crippen LogP contribution in [-0.4, -0.2) is 27.7 Å². The molecule has 3 rings (SSSR count). The molecule has 2 heterocycles. The average Bonchev–Trinajstić information content (AvgIpc) is 2.59. The van der Waals surface area contributed by atoms with Gasteiger partial charge >= 0.3 is 0 Å². The van der Waals surface area contributed by atoms with Crippen molar-refractivity contribution in [3.8, 4) is 5.75 Å². The summed E-state index contributed by atoms with van der Waals surface area (Å²) in [6.07, 6.45) is 2.02. The van der Waals surface area contributed by atoms with Crippen LogP contribution in [0, 0.1) is 0 Å². The molecular formula is C19H21N3O3S. The lowest BCUT2D eigenvalue weighted by atomic mass is 9.87. The van der Waals surface area contributed by atoms with E-state index in [9.17, 15) is 9.59 Å². The van der Waals surface area contributed by atoms with E-state index in [-0.39, 0.29) is 29.9 Å². The zero-order valence-corrected chi connectivity index (χ0v) is 15.6. The summed E-state index contributed by atoms with van der Waals surface area (Å²) < 4.78 is 5.65. The van der Waals surface area contributed by atoms with Crippen molar-refractivity contribution in [3.05, 3.63) is 58.4 Å². The number of hydrogen-bond donors (Lipinski definition) is 2. The van der Waals surface area contributed by atoms with Crippen molar-refractivity contribution in [1.82, 2.24) is 9.97 Å². The van der Waals surface area contributed by atoms with Crippen LogP contribution >= 0.6 is 11.8 Å². The summed E-state index contributed by atoms with van der Waals surface area (Å²) in [7, 11) is 0. The number of aromatic nitrogens is 2. The summed E-state index contributed by atoms with van der Waals surface area (Å²) in [5.41, 5.74) is 1.15. The minimum Gasteiger partial charge on any atom is -0.491 e. The van der Waals surface area contributed by atoms with E-state index in [1.807, 2.05) is 38.1 Å². The molecular weight excluding hydrogens is 350 g/mol. The minimum atomic E-state index is -0.332. The van der Waals surface area contributed by atoms with Crippen LogP contribution < -0.4 is 15.6 Å². The molecule has 2 aromatic rings. The lowest BCUT2D eigenvalue weighted by Crippen LogP contribution is -2.31. The molecule has 1 aromatic heterocycles. The van der Waals surface area contributed by atoms with Gasteiger partial charge in [0.25, 0.3) is 5.56 Å². The molecule has 0 bridgehead atoms. The van der Waals surface area contributed by atoms with Crippen molar-refractivity contribution in [2.45, 2.75) is 37.4 Å². The first kappa shape index (κ1) is 18.3. The maximum absolute atomic E-state index is 12.6. The lowest BCUT2D eigenvalue weighted by molar-refractivity contribution is -0.116. The standard InChI is InChI=1S/C19H21N3O3S/c1-4-9-26-19-21-17-16(18(24)22-19)14(10-15(23)20-17)12-5-7-13(8-6-12)25-11(2)3/h4-8,11,14H,1,9-10H2,2-3H3,(H2,20,21,22,23,24)/t14-/m0/s1.